The Bertz CT molecular complexity index is 1080. The Labute approximate surface area is 181 Å². The summed E-state index contributed by atoms with van der Waals surface area (Å²) >= 11 is 9.10. The van der Waals surface area contributed by atoms with E-state index in [4.69, 9.17) is 9.97 Å². The molecular weight excluding hydrogens is 396 g/mol. The van der Waals surface area contributed by atoms with E-state index in [0.717, 1.165) is 43.7 Å². The molecule has 4 aromatic rings. The molecule has 0 saturated carbocycles. The number of hydrogen-bond donors (Lipinski definition) is 2. The number of nitrogens with zero attached hydrogens (tertiary/aromatic N) is 4. The third kappa shape index (κ3) is 3.91. The van der Waals surface area contributed by atoms with Gasteiger partial charge in [-0.3, -0.25) is 9.97 Å². The van der Waals surface area contributed by atoms with Crippen molar-refractivity contribution in [2.75, 3.05) is 0 Å². The smallest absolute Gasteiger partial charge is 0.0900 e. The second kappa shape index (κ2) is 7.97. The molecule has 0 bridgehead atoms. The minimum atomic E-state index is -0.483. The van der Waals surface area contributed by atoms with Crippen LogP contribution in [0.2, 0.25) is 0 Å². The lowest BCUT2D eigenvalue weighted by Crippen LogP contribution is -2.23. The van der Waals surface area contributed by atoms with Crippen molar-refractivity contribution < 1.29 is 0 Å². The Morgan fingerprint density at radius 2 is 1.03 bits per heavy atom. The van der Waals surface area contributed by atoms with Crippen LogP contribution in [0.1, 0.15) is 25.2 Å². The summed E-state index contributed by atoms with van der Waals surface area (Å²) < 4.78 is 0. The molecule has 0 amide bonds. The standard InChI is InChI=1S/C23H20N4S2/c1-23(2,21-13-24-11-17(26-21)15-7-3-5-9-19(15)28)22-14-25-12-18(27-22)16-8-4-6-10-20(16)29/h3-14,28-29H,1-2H3. The van der Waals surface area contributed by atoms with Crippen LogP contribution in [0.4, 0.5) is 0 Å². The Balaban J connectivity index is 1.77. The average Bonchev–Trinajstić information content (AvgIpc) is 2.74. The van der Waals surface area contributed by atoms with E-state index in [1.165, 1.54) is 0 Å². The molecule has 2 heterocycles. The van der Waals surface area contributed by atoms with Crippen LogP contribution in [0.3, 0.4) is 0 Å². The van der Waals surface area contributed by atoms with E-state index in [0.29, 0.717) is 0 Å². The largest absolute Gasteiger partial charge is 0.261 e. The van der Waals surface area contributed by atoms with Gasteiger partial charge in [0.25, 0.3) is 0 Å². The molecule has 0 aliphatic carbocycles. The van der Waals surface area contributed by atoms with Crippen molar-refractivity contribution in [2.45, 2.75) is 29.1 Å². The van der Waals surface area contributed by atoms with Gasteiger partial charge in [-0.05, 0) is 26.0 Å². The van der Waals surface area contributed by atoms with Crippen molar-refractivity contribution in [2.24, 2.45) is 0 Å². The lowest BCUT2D eigenvalue weighted by molar-refractivity contribution is 0.589. The van der Waals surface area contributed by atoms with Gasteiger partial charge < -0.3 is 0 Å². The summed E-state index contributed by atoms with van der Waals surface area (Å²) in [6.07, 6.45) is 7.08. The molecule has 0 saturated heterocycles. The molecule has 2 aromatic heterocycles. The van der Waals surface area contributed by atoms with Gasteiger partial charge in [0.1, 0.15) is 0 Å². The molecule has 4 nitrogen and oxygen atoms in total. The van der Waals surface area contributed by atoms with E-state index in [1.807, 2.05) is 48.5 Å². The van der Waals surface area contributed by atoms with E-state index in [9.17, 15) is 0 Å². The van der Waals surface area contributed by atoms with Gasteiger partial charge in [-0.1, -0.05) is 36.4 Å². The van der Waals surface area contributed by atoms with Gasteiger partial charge in [-0.15, -0.1) is 25.3 Å². The quantitative estimate of drug-likeness (QED) is 0.431. The highest BCUT2D eigenvalue weighted by molar-refractivity contribution is 7.80. The lowest BCUT2D eigenvalue weighted by atomic mass is 9.85. The Morgan fingerprint density at radius 1 is 0.621 bits per heavy atom. The third-order valence-electron chi connectivity index (χ3n) is 4.91. The Hall–Kier alpha value is -2.70. The summed E-state index contributed by atoms with van der Waals surface area (Å²) in [5.74, 6) is 0. The molecule has 2 aromatic carbocycles. The maximum absolute atomic E-state index is 4.88. The maximum atomic E-state index is 4.88. The number of benzene rings is 2. The van der Waals surface area contributed by atoms with Crippen molar-refractivity contribution in [3.63, 3.8) is 0 Å². The lowest BCUT2D eigenvalue weighted by Gasteiger charge is -2.24. The van der Waals surface area contributed by atoms with Gasteiger partial charge in [-0.2, -0.15) is 0 Å². The second-order valence-corrected chi connectivity index (χ2v) is 8.20. The van der Waals surface area contributed by atoms with Crippen LogP contribution in [0.15, 0.2) is 83.1 Å². The highest BCUT2D eigenvalue weighted by atomic mass is 32.1. The van der Waals surface area contributed by atoms with Gasteiger partial charge in [0.15, 0.2) is 0 Å². The molecule has 0 fully saturated rings. The van der Waals surface area contributed by atoms with Crippen LogP contribution in [0.5, 0.6) is 0 Å². The fraction of sp³-hybridized carbons (Fsp3) is 0.130. The van der Waals surface area contributed by atoms with E-state index >= 15 is 0 Å². The predicted molar refractivity (Wildman–Crippen MR) is 122 cm³/mol. The first kappa shape index (κ1) is 19.6. The monoisotopic (exact) mass is 416 g/mol. The average molecular weight is 417 g/mol. The first-order valence-electron chi connectivity index (χ1n) is 9.18. The van der Waals surface area contributed by atoms with E-state index in [2.05, 4.69) is 49.1 Å². The van der Waals surface area contributed by atoms with Crippen molar-refractivity contribution in [3.8, 4) is 22.5 Å². The summed E-state index contributed by atoms with van der Waals surface area (Å²) in [7, 11) is 0. The predicted octanol–water partition coefficient (Wildman–Crippen LogP) is 5.50. The molecule has 144 valence electrons. The maximum Gasteiger partial charge on any atom is 0.0900 e. The summed E-state index contributed by atoms with van der Waals surface area (Å²) in [4.78, 5) is 20.3. The van der Waals surface area contributed by atoms with Gasteiger partial charge in [0.2, 0.25) is 0 Å². The summed E-state index contributed by atoms with van der Waals surface area (Å²) in [5, 5.41) is 0. The van der Waals surface area contributed by atoms with Crippen LogP contribution in [0, 0.1) is 0 Å². The molecule has 4 rings (SSSR count). The van der Waals surface area contributed by atoms with Crippen molar-refractivity contribution in [3.05, 3.63) is 84.7 Å². The SMILES string of the molecule is CC(C)(c1cncc(-c2ccccc2S)n1)c1cncc(-c2ccccc2S)n1. The van der Waals surface area contributed by atoms with Crippen LogP contribution in [0.25, 0.3) is 22.5 Å². The number of thiol groups is 2. The summed E-state index contributed by atoms with van der Waals surface area (Å²) in [6, 6.07) is 15.7. The van der Waals surface area contributed by atoms with Gasteiger partial charge in [0, 0.05) is 33.3 Å². The topological polar surface area (TPSA) is 51.6 Å². The minimum Gasteiger partial charge on any atom is -0.261 e. The zero-order valence-electron chi connectivity index (χ0n) is 16.1. The molecule has 0 aliphatic heterocycles. The van der Waals surface area contributed by atoms with Crippen molar-refractivity contribution in [1.29, 1.82) is 0 Å². The second-order valence-electron chi connectivity index (χ2n) is 7.24. The zero-order chi connectivity index (χ0) is 20.4. The van der Waals surface area contributed by atoms with Crippen LogP contribution in [-0.2, 0) is 5.41 Å². The molecule has 0 aliphatic rings. The van der Waals surface area contributed by atoms with Crippen molar-refractivity contribution in [1.82, 2.24) is 19.9 Å². The number of aromatic nitrogens is 4. The highest BCUT2D eigenvalue weighted by Crippen LogP contribution is 2.32. The normalized spacial score (nSPS) is 11.4. The van der Waals surface area contributed by atoms with Crippen molar-refractivity contribution >= 4 is 25.3 Å². The molecule has 0 N–H and O–H groups in total. The van der Waals surface area contributed by atoms with E-state index < -0.39 is 5.41 Å². The first-order chi connectivity index (χ1) is 14.0. The van der Waals surface area contributed by atoms with Gasteiger partial charge in [-0.25, -0.2) is 9.97 Å². The molecule has 0 unspecified atom stereocenters. The zero-order valence-corrected chi connectivity index (χ0v) is 17.9. The van der Waals surface area contributed by atoms with E-state index in [-0.39, 0.29) is 0 Å². The highest BCUT2D eigenvalue weighted by Gasteiger charge is 2.28. The first-order valence-corrected chi connectivity index (χ1v) is 10.1. The van der Waals surface area contributed by atoms with E-state index in [1.54, 1.807) is 24.8 Å². The number of rotatable bonds is 4. The minimum absolute atomic E-state index is 0.483. The summed E-state index contributed by atoms with van der Waals surface area (Å²) in [6.45, 7) is 4.15. The van der Waals surface area contributed by atoms with Crippen LogP contribution in [-0.4, -0.2) is 19.9 Å². The van der Waals surface area contributed by atoms with Gasteiger partial charge in [0.05, 0.1) is 40.6 Å². The number of hydrogen-bond acceptors (Lipinski definition) is 6. The Morgan fingerprint density at radius 3 is 1.45 bits per heavy atom. The molecular formula is C23H20N4S2. The molecule has 29 heavy (non-hydrogen) atoms. The molecule has 6 heteroatoms. The van der Waals surface area contributed by atoms with Gasteiger partial charge >= 0.3 is 0 Å². The Kier molecular flexibility index (Phi) is 5.39. The molecule has 0 spiro atoms. The van der Waals surface area contributed by atoms with Crippen LogP contribution < -0.4 is 0 Å². The fourth-order valence-electron chi connectivity index (χ4n) is 3.11. The molecule has 0 radical (unpaired) electrons. The summed E-state index contributed by atoms with van der Waals surface area (Å²) in [5.41, 5.74) is 4.62. The van der Waals surface area contributed by atoms with Crippen LogP contribution >= 0.6 is 25.3 Å². The molecule has 0 atom stereocenters. The fourth-order valence-corrected chi connectivity index (χ4v) is 3.66. The third-order valence-corrected chi connectivity index (χ3v) is 5.69.